The summed E-state index contributed by atoms with van der Waals surface area (Å²) in [5.74, 6) is 7.01. The smallest absolute Gasteiger partial charge is 0.0633 e. The third-order valence-electron chi connectivity index (χ3n) is 6.34. The van der Waals surface area contributed by atoms with Gasteiger partial charge in [0.15, 0.2) is 0 Å². The molecule has 0 radical (unpaired) electrons. The van der Waals surface area contributed by atoms with E-state index in [1.165, 1.54) is 27.8 Å². The van der Waals surface area contributed by atoms with Gasteiger partial charge >= 0.3 is 0 Å². The van der Waals surface area contributed by atoms with Gasteiger partial charge in [0.05, 0.1) is 18.8 Å². The summed E-state index contributed by atoms with van der Waals surface area (Å²) in [5, 5.41) is 18.7. The SMILES string of the molecule is Cc1cccc(C(C#Cc2ccc(CCC(N)(CO)CO)cc2)Cc2ccc(C)c(C)c2)c1. The van der Waals surface area contributed by atoms with Crippen LogP contribution in [0.1, 0.15) is 51.3 Å². The first-order chi connectivity index (χ1) is 15.8. The highest BCUT2D eigenvalue weighted by Gasteiger charge is 2.22. The Labute approximate surface area is 198 Å². The monoisotopic (exact) mass is 441 g/mol. The van der Waals surface area contributed by atoms with E-state index in [1.807, 2.05) is 24.3 Å². The fraction of sp³-hybridized carbons (Fsp3) is 0.333. The van der Waals surface area contributed by atoms with Gasteiger partial charge in [-0.2, -0.15) is 0 Å². The van der Waals surface area contributed by atoms with Gasteiger partial charge in [0.25, 0.3) is 0 Å². The molecule has 1 atom stereocenters. The molecule has 3 aromatic carbocycles. The third kappa shape index (κ3) is 7.04. The van der Waals surface area contributed by atoms with E-state index in [0.29, 0.717) is 12.8 Å². The zero-order valence-electron chi connectivity index (χ0n) is 19.9. The molecule has 1 unspecified atom stereocenters. The van der Waals surface area contributed by atoms with Crippen molar-refractivity contribution in [3.8, 4) is 11.8 Å². The fourth-order valence-corrected chi connectivity index (χ4v) is 3.83. The molecule has 0 amide bonds. The van der Waals surface area contributed by atoms with Crippen molar-refractivity contribution in [1.29, 1.82) is 0 Å². The van der Waals surface area contributed by atoms with Gasteiger partial charge < -0.3 is 15.9 Å². The number of rotatable bonds is 8. The van der Waals surface area contributed by atoms with Crippen LogP contribution in [0.25, 0.3) is 0 Å². The van der Waals surface area contributed by atoms with Gasteiger partial charge in [-0.3, -0.25) is 0 Å². The van der Waals surface area contributed by atoms with Gasteiger partial charge in [-0.25, -0.2) is 0 Å². The average Bonchev–Trinajstić information content (AvgIpc) is 2.83. The fourth-order valence-electron chi connectivity index (χ4n) is 3.83. The molecule has 3 aromatic rings. The summed E-state index contributed by atoms with van der Waals surface area (Å²) in [6.45, 7) is 5.96. The normalized spacial score (nSPS) is 12.2. The predicted octanol–water partition coefficient (Wildman–Crippen LogP) is 4.60. The summed E-state index contributed by atoms with van der Waals surface area (Å²) in [6, 6.07) is 23.4. The number of aryl methyl sites for hydroxylation is 4. The van der Waals surface area contributed by atoms with Crippen molar-refractivity contribution >= 4 is 0 Å². The molecule has 0 spiro atoms. The Morgan fingerprint density at radius 1 is 0.848 bits per heavy atom. The Morgan fingerprint density at radius 2 is 1.55 bits per heavy atom. The first-order valence-electron chi connectivity index (χ1n) is 11.6. The van der Waals surface area contributed by atoms with Gasteiger partial charge in [-0.05, 0) is 80.0 Å². The predicted molar refractivity (Wildman–Crippen MR) is 136 cm³/mol. The van der Waals surface area contributed by atoms with Crippen molar-refractivity contribution in [2.75, 3.05) is 13.2 Å². The van der Waals surface area contributed by atoms with Crippen LogP contribution < -0.4 is 5.73 Å². The highest BCUT2D eigenvalue weighted by atomic mass is 16.3. The lowest BCUT2D eigenvalue weighted by Crippen LogP contribution is -2.47. The van der Waals surface area contributed by atoms with Crippen molar-refractivity contribution < 1.29 is 10.2 Å². The van der Waals surface area contributed by atoms with Gasteiger partial charge in [0.1, 0.15) is 0 Å². The molecule has 0 aliphatic heterocycles. The molecule has 0 heterocycles. The number of hydrogen-bond donors (Lipinski definition) is 3. The van der Waals surface area contributed by atoms with Crippen molar-refractivity contribution in [1.82, 2.24) is 0 Å². The summed E-state index contributed by atoms with van der Waals surface area (Å²) in [4.78, 5) is 0. The summed E-state index contributed by atoms with van der Waals surface area (Å²) in [5.41, 5.74) is 13.5. The quantitative estimate of drug-likeness (QED) is 0.448. The van der Waals surface area contributed by atoms with E-state index < -0.39 is 5.54 Å². The Bertz CT molecular complexity index is 1120. The van der Waals surface area contributed by atoms with Crippen LogP contribution in [-0.2, 0) is 12.8 Å². The van der Waals surface area contributed by atoms with Crippen molar-refractivity contribution in [2.45, 2.75) is 51.5 Å². The second-order valence-electron chi connectivity index (χ2n) is 9.23. The lowest BCUT2D eigenvalue weighted by atomic mass is 9.90. The number of aliphatic hydroxyl groups is 2. The molecule has 0 saturated carbocycles. The third-order valence-corrected chi connectivity index (χ3v) is 6.34. The molecule has 0 bridgehead atoms. The van der Waals surface area contributed by atoms with Gasteiger partial charge in [0, 0.05) is 11.5 Å². The Balaban J connectivity index is 1.79. The Morgan fingerprint density at radius 3 is 2.18 bits per heavy atom. The molecule has 33 heavy (non-hydrogen) atoms. The van der Waals surface area contributed by atoms with Crippen LogP contribution in [-0.4, -0.2) is 29.0 Å². The summed E-state index contributed by atoms with van der Waals surface area (Å²) >= 11 is 0. The molecule has 4 N–H and O–H groups in total. The van der Waals surface area contributed by atoms with E-state index in [1.54, 1.807) is 0 Å². The molecule has 3 nitrogen and oxygen atoms in total. The van der Waals surface area contributed by atoms with E-state index >= 15 is 0 Å². The molecule has 172 valence electrons. The van der Waals surface area contributed by atoms with Crippen LogP contribution in [0.15, 0.2) is 66.7 Å². The highest BCUT2D eigenvalue weighted by molar-refractivity contribution is 5.41. The molecule has 0 aliphatic rings. The second kappa shape index (κ2) is 11.3. The summed E-state index contributed by atoms with van der Waals surface area (Å²) < 4.78 is 0. The van der Waals surface area contributed by atoms with E-state index in [0.717, 1.165) is 17.5 Å². The van der Waals surface area contributed by atoms with Crippen LogP contribution in [0.2, 0.25) is 0 Å². The van der Waals surface area contributed by atoms with Gasteiger partial charge in [-0.15, -0.1) is 0 Å². The van der Waals surface area contributed by atoms with Crippen LogP contribution in [0.4, 0.5) is 0 Å². The van der Waals surface area contributed by atoms with Gasteiger partial charge in [-0.1, -0.05) is 72.0 Å². The summed E-state index contributed by atoms with van der Waals surface area (Å²) in [7, 11) is 0. The second-order valence-corrected chi connectivity index (χ2v) is 9.23. The van der Waals surface area contributed by atoms with E-state index in [4.69, 9.17) is 5.73 Å². The number of nitrogens with two attached hydrogens (primary N) is 1. The average molecular weight is 442 g/mol. The zero-order valence-corrected chi connectivity index (χ0v) is 19.9. The lowest BCUT2D eigenvalue weighted by molar-refractivity contribution is 0.115. The number of hydrogen-bond acceptors (Lipinski definition) is 3. The molecular weight excluding hydrogens is 406 g/mol. The first-order valence-corrected chi connectivity index (χ1v) is 11.6. The summed E-state index contributed by atoms with van der Waals surface area (Å²) in [6.07, 6.45) is 2.09. The van der Waals surface area contributed by atoms with Crippen molar-refractivity contribution in [2.24, 2.45) is 5.73 Å². The van der Waals surface area contributed by atoms with Crippen LogP contribution >= 0.6 is 0 Å². The standard InChI is InChI=1S/C30H35NO2/c1-22-5-4-6-28(17-22)29(19-27-8-7-23(2)24(3)18-27)14-13-25-9-11-26(12-10-25)15-16-30(31,20-32)21-33/h4-12,17-18,29,32-33H,15-16,19-21,31H2,1-3H3. The van der Waals surface area contributed by atoms with E-state index in [-0.39, 0.29) is 19.1 Å². The topological polar surface area (TPSA) is 66.5 Å². The van der Waals surface area contributed by atoms with Gasteiger partial charge in [0.2, 0.25) is 0 Å². The Hall–Kier alpha value is -2.90. The highest BCUT2D eigenvalue weighted by Crippen LogP contribution is 2.23. The van der Waals surface area contributed by atoms with E-state index in [2.05, 4.69) is 75.1 Å². The minimum Gasteiger partial charge on any atom is -0.394 e. The zero-order chi connectivity index (χ0) is 23.8. The maximum Gasteiger partial charge on any atom is 0.0633 e. The molecular formula is C30H35NO2. The minimum absolute atomic E-state index is 0.110. The molecule has 0 aromatic heterocycles. The van der Waals surface area contributed by atoms with Crippen molar-refractivity contribution in [3.05, 3.63) is 106 Å². The minimum atomic E-state index is -0.937. The Kier molecular flexibility index (Phi) is 8.47. The lowest BCUT2D eigenvalue weighted by Gasteiger charge is -2.24. The molecule has 0 saturated heterocycles. The maximum atomic E-state index is 9.37. The molecule has 0 aliphatic carbocycles. The van der Waals surface area contributed by atoms with Crippen LogP contribution in [0, 0.1) is 32.6 Å². The first kappa shape index (κ1) is 24.7. The van der Waals surface area contributed by atoms with Crippen LogP contribution in [0.3, 0.4) is 0 Å². The van der Waals surface area contributed by atoms with Crippen LogP contribution in [0.5, 0.6) is 0 Å². The number of benzene rings is 3. The largest absolute Gasteiger partial charge is 0.394 e. The maximum absolute atomic E-state index is 9.37. The van der Waals surface area contributed by atoms with Crippen molar-refractivity contribution in [3.63, 3.8) is 0 Å². The van der Waals surface area contributed by atoms with E-state index in [9.17, 15) is 10.2 Å². The molecule has 3 rings (SSSR count). The molecule has 3 heteroatoms. The number of aliphatic hydroxyl groups excluding tert-OH is 2. The molecule has 0 fully saturated rings.